The first-order valence-corrected chi connectivity index (χ1v) is 7.37. The lowest BCUT2D eigenvalue weighted by molar-refractivity contribution is -0.143. The number of hydrogen-bond acceptors (Lipinski definition) is 4. The number of benzene rings is 1. The Hall–Kier alpha value is -1.23. The molecule has 0 saturated carbocycles. The van der Waals surface area contributed by atoms with Crippen molar-refractivity contribution in [2.24, 2.45) is 5.73 Å². The van der Waals surface area contributed by atoms with Gasteiger partial charge < -0.3 is 15.2 Å². The van der Waals surface area contributed by atoms with Crippen molar-refractivity contribution in [3.05, 3.63) is 40.4 Å². The monoisotopic (exact) mass is 331 g/mol. The highest BCUT2D eigenvalue weighted by Crippen LogP contribution is 2.39. The number of nitrogens with two attached hydrogens (primary N) is 1. The largest absolute Gasteiger partial charge is 0.489 e. The average Bonchev–Trinajstić information content (AvgIpc) is 2.47. The predicted molar refractivity (Wildman–Crippen MR) is 85.2 cm³/mol. The van der Waals surface area contributed by atoms with Crippen LogP contribution in [-0.2, 0) is 9.53 Å². The van der Waals surface area contributed by atoms with E-state index in [1.807, 2.05) is 0 Å². The summed E-state index contributed by atoms with van der Waals surface area (Å²) in [7, 11) is 0. The van der Waals surface area contributed by atoms with Gasteiger partial charge in [-0.25, -0.2) is 0 Å². The maximum absolute atomic E-state index is 11.7. The molecule has 0 heterocycles. The summed E-state index contributed by atoms with van der Waals surface area (Å²) in [6.45, 7) is 6.22. The van der Waals surface area contributed by atoms with Crippen molar-refractivity contribution in [2.75, 3.05) is 19.8 Å². The van der Waals surface area contributed by atoms with Crippen molar-refractivity contribution in [3.8, 4) is 5.75 Å². The molecule has 0 radical (unpaired) electrons. The zero-order valence-electron chi connectivity index (χ0n) is 11.9. The molecule has 6 heteroatoms. The van der Waals surface area contributed by atoms with Gasteiger partial charge in [0.1, 0.15) is 12.4 Å². The molecule has 0 aliphatic carbocycles. The third-order valence-corrected chi connectivity index (χ3v) is 3.68. The van der Waals surface area contributed by atoms with Crippen LogP contribution >= 0.6 is 23.2 Å². The highest BCUT2D eigenvalue weighted by atomic mass is 35.5. The van der Waals surface area contributed by atoms with Gasteiger partial charge in [0.05, 0.1) is 23.1 Å². The molecule has 0 aliphatic rings. The van der Waals surface area contributed by atoms with E-state index in [2.05, 4.69) is 6.58 Å². The molecule has 1 unspecified atom stereocenters. The summed E-state index contributed by atoms with van der Waals surface area (Å²) >= 11 is 12.3. The van der Waals surface area contributed by atoms with E-state index in [-0.39, 0.29) is 24.9 Å². The van der Waals surface area contributed by atoms with E-state index in [1.54, 1.807) is 25.1 Å². The van der Waals surface area contributed by atoms with Crippen molar-refractivity contribution in [1.29, 1.82) is 0 Å². The van der Waals surface area contributed by atoms with Crippen molar-refractivity contribution in [2.45, 2.75) is 19.3 Å². The maximum Gasteiger partial charge on any atom is 0.306 e. The Bertz CT molecular complexity index is 506. The molecule has 1 aromatic carbocycles. The first kappa shape index (κ1) is 17.8. The first-order chi connectivity index (χ1) is 10.0. The van der Waals surface area contributed by atoms with E-state index in [0.29, 0.717) is 34.6 Å². The summed E-state index contributed by atoms with van der Waals surface area (Å²) in [6.07, 6.45) is 1.74. The Morgan fingerprint density at radius 1 is 1.48 bits per heavy atom. The van der Waals surface area contributed by atoms with Crippen molar-refractivity contribution >= 4 is 29.2 Å². The molecule has 0 bridgehead atoms. The number of esters is 1. The molecule has 21 heavy (non-hydrogen) atoms. The topological polar surface area (TPSA) is 61.5 Å². The van der Waals surface area contributed by atoms with Crippen molar-refractivity contribution < 1.29 is 14.3 Å². The lowest BCUT2D eigenvalue weighted by Gasteiger charge is -2.20. The van der Waals surface area contributed by atoms with Gasteiger partial charge in [0.25, 0.3) is 0 Å². The minimum atomic E-state index is -0.335. The summed E-state index contributed by atoms with van der Waals surface area (Å²) in [6, 6.07) is 3.35. The fourth-order valence-corrected chi connectivity index (χ4v) is 2.40. The molecule has 1 atom stereocenters. The minimum absolute atomic E-state index is 0.120. The van der Waals surface area contributed by atoms with E-state index in [4.69, 9.17) is 38.4 Å². The molecular weight excluding hydrogens is 313 g/mol. The molecule has 1 rings (SSSR count). The standard InChI is InChI=1S/C15H19Cl2NO3/c1-3-7-21-12-6-5-11(16)15(17)14(12)10(9-18)8-13(19)20-4-2/h3,5-6,10H,1,4,7-9,18H2,2H3. The lowest BCUT2D eigenvalue weighted by atomic mass is 9.94. The first-order valence-electron chi connectivity index (χ1n) is 6.62. The fraction of sp³-hybridized carbons (Fsp3) is 0.400. The van der Waals surface area contributed by atoms with Crippen LogP contribution in [0.4, 0.5) is 0 Å². The van der Waals surface area contributed by atoms with Gasteiger partial charge >= 0.3 is 5.97 Å². The second kappa shape index (κ2) is 8.93. The smallest absolute Gasteiger partial charge is 0.306 e. The van der Waals surface area contributed by atoms with Gasteiger partial charge in [-0.05, 0) is 25.6 Å². The lowest BCUT2D eigenvalue weighted by Crippen LogP contribution is -2.19. The second-order valence-corrected chi connectivity index (χ2v) is 5.10. The number of hydrogen-bond donors (Lipinski definition) is 1. The van der Waals surface area contributed by atoms with Crippen molar-refractivity contribution in [3.63, 3.8) is 0 Å². The van der Waals surface area contributed by atoms with Gasteiger partial charge in [0.15, 0.2) is 0 Å². The predicted octanol–water partition coefficient (Wildman–Crippen LogP) is 3.55. The normalized spacial score (nSPS) is 11.8. The van der Waals surface area contributed by atoms with E-state index in [0.717, 1.165) is 0 Å². The van der Waals surface area contributed by atoms with Gasteiger partial charge in [-0.15, -0.1) is 0 Å². The van der Waals surface area contributed by atoms with E-state index in [1.165, 1.54) is 0 Å². The van der Waals surface area contributed by atoms with E-state index < -0.39 is 0 Å². The van der Waals surface area contributed by atoms with Gasteiger partial charge in [-0.2, -0.15) is 0 Å². The molecule has 0 spiro atoms. The Morgan fingerprint density at radius 3 is 2.76 bits per heavy atom. The molecular formula is C15H19Cl2NO3. The molecule has 0 aromatic heterocycles. The minimum Gasteiger partial charge on any atom is -0.489 e. The Morgan fingerprint density at radius 2 is 2.19 bits per heavy atom. The van der Waals surface area contributed by atoms with Crippen LogP contribution in [0.1, 0.15) is 24.8 Å². The van der Waals surface area contributed by atoms with Gasteiger partial charge in [-0.3, -0.25) is 4.79 Å². The number of rotatable bonds is 8. The molecule has 1 aromatic rings. The van der Waals surface area contributed by atoms with Crippen LogP contribution in [0.25, 0.3) is 0 Å². The Labute approximate surface area is 134 Å². The van der Waals surface area contributed by atoms with Gasteiger partial charge in [0.2, 0.25) is 0 Å². The summed E-state index contributed by atoms with van der Waals surface area (Å²) in [4.78, 5) is 11.7. The third-order valence-electron chi connectivity index (χ3n) is 2.86. The van der Waals surface area contributed by atoms with Gasteiger partial charge in [-0.1, -0.05) is 35.9 Å². The van der Waals surface area contributed by atoms with E-state index >= 15 is 0 Å². The van der Waals surface area contributed by atoms with E-state index in [9.17, 15) is 4.79 Å². The molecule has 0 saturated heterocycles. The summed E-state index contributed by atoms with van der Waals surface area (Å²) in [5, 5.41) is 0.734. The molecule has 116 valence electrons. The molecule has 2 N–H and O–H groups in total. The molecule has 4 nitrogen and oxygen atoms in total. The molecule has 0 amide bonds. The number of carbonyl (C=O) groups excluding carboxylic acids is 1. The van der Waals surface area contributed by atoms with Crippen molar-refractivity contribution in [1.82, 2.24) is 0 Å². The number of carbonyl (C=O) groups is 1. The third kappa shape index (κ3) is 4.92. The highest BCUT2D eigenvalue weighted by molar-refractivity contribution is 6.42. The van der Waals surface area contributed by atoms with Crippen LogP contribution in [0.15, 0.2) is 24.8 Å². The number of ether oxygens (including phenoxy) is 2. The van der Waals surface area contributed by atoms with Crippen LogP contribution in [0.5, 0.6) is 5.75 Å². The van der Waals surface area contributed by atoms with Crippen LogP contribution < -0.4 is 10.5 Å². The van der Waals surface area contributed by atoms with Crippen LogP contribution in [-0.4, -0.2) is 25.7 Å². The average molecular weight is 332 g/mol. The quantitative estimate of drug-likeness (QED) is 0.584. The fourth-order valence-electron chi connectivity index (χ4n) is 1.93. The van der Waals surface area contributed by atoms with Gasteiger partial charge in [0, 0.05) is 11.5 Å². The zero-order valence-corrected chi connectivity index (χ0v) is 13.4. The van der Waals surface area contributed by atoms with Crippen LogP contribution in [0, 0.1) is 0 Å². The summed E-state index contributed by atoms with van der Waals surface area (Å²) in [5.74, 6) is -0.113. The Kier molecular flexibility index (Phi) is 7.57. The zero-order chi connectivity index (χ0) is 15.8. The number of halogens is 2. The van der Waals surface area contributed by atoms with Crippen LogP contribution in [0.3, 0.4) is 0 Å². The highest BCUT2D eigenvalue weighted by Gasteiger charge is 2.23. The second-order valence-electron chi connectivity index (χ2n) is 4.31. The molecule has 0 aliphatic heterocycles. The summed E-state index contributed by atoms with van der Waals surface area (Å²) < 4.78 is 10.5. The maximum atomic E-state index is 11.7. The SMILES string of the molecule is C=CCOc1ccc(Cl)c(Cl)c1C(CN)CC(=O)OCC. The molecule has 0 fully saturated rings. The summed E-state index contributed by atoms with van der Waals surface area (Å²) in [5.41, 5.74) is 6.41. The Balaban J connectivity index is 3.12. The van der Waals surface area contributed by atoms with Crippen LogP contribution in [0.2, 0.25) is 10.0 Å².